The van der Waals surface area contributed by atoms with Crippen molar-refractivity contribution in [1.29, 1.82) is 0 Å². The topological polar surface area (TPSA) is 75.9 Å². The second kappa shape index (κ2) is 6.83. The summed E-state index contributed by atoms with van der Waals surface area (Å²) >= 11 is 7.36. The summed E-state index contributed by atoms with van der Waals surface area (Å²) in [5, 5.41) is 20.8. The molecule has 0 spiro atoms. The first-order valence-corrected chi connectivity index (χ1v) is 8.31. The third-order valence-electron chi connectivity index (χ3n) is 3.85. The van der Waals surface area contributed by atoms with E-state index < -0.39 is 0 Å². The fourth-order valence-corrected chi connectivity index (χ4v) is 3.74. The van der Waals surface area contributed by atoms with Gasteiger partial charge in [0.1, 0.15) is 5.69 Å². The molecule has 1 saturated carbocycles. The lowest BCUT2D eigenvalue weighted by molar-refractivity contribution is 0.242. The highest BCUT2D eigenvalue weighted by Crippen LogP contribution is 2.29. The molecule has 1 fully saturated rings. The summed E-state index contributed by atoms with van der Waals surface area (Å²) in [7, 11) is 0. The summed E-state index contributed by atoms with van der Waals surface area (Å²) in [5.74, 6) is 0. The van der Waals surface area contributed by atoms with Crippen molar-refractivity contribution in [3.63, 3.8) is 0 Å². The standard InChI is InChI=1S/C13H18ClN5OS/c14-13-16-6-10(21-13)5-15-11-3-1-2-4-12(11)19-7-9(8-20)17-18-19/h6-7,11-12,15,20H,1-5,8H2/t11-,12+/m0/s1. The first kappa shape index (κ1) is 14.9. The number of thiazole rings is 1. The van der Waals surface area contributed by atoms with E-state index in [0.717, 1.165) is 24.3 Å². The average molecular weight is 328 g/mol. The van der Waals surface area contributed by atoms with Gasteiger partial charge in [0.2, 0.25) is 0 Å². The van der Waals surface area contributed by atoms with Gasteiger partial charge < -0.3 is 10.4 Å². The van der Waals surface area contributed by atoms with Gasteiger partial charge in [0.15, 0.2) is 4.47 Å². The molecule has 21 heavy (non-hydrogen) atoms. The lowest BCUT2D eigenvalue weighted by Gasteiger charge is -2.32. The first-order valence-electron chi connectivity index (χ1n) is 7.11. The Balaban J connectivity index is 1.66. The molecule has 6 nitrogen and oxygen atoms in total. The minimum atomic E-state index is -0.0653. The van der Waals surface area contributed by atoms with Crippen LogP contribution in [-0.2, 0) is 13.2 Å². The maximum atomic E-state index is 9.12. The molecule has 0 aliphatic heterocycles. The number of aromatic nitrogens is 4. The maximum Gasteiger partial charge on any atom is 0.183 e. The number of nitrogens with one attached hydrogen (secondary N) is 1. The Kier molecular flexibility index (Phi) is 4.84. The van der Waals surface area contributed by atoms with Gasteiger partial charge in [0.05, 0.1) is 18.8 Å². The normalized spacial score (nSPS) is 22.6. The second-order valence-corrected chi connectivity index (χ2v) is 6.96. The Bertz CT molecular complexity index is 587. The number of nitrogens with zero attached hydrogens (tertiary/aromatic N) is 4. The van der Waals surface area contributed by atoms with Crippen molar-refractivity contribution in [1.82, 2.24) is 25.3 Å². The van der Waals surface area contributed by atoms with Crippen LogP contribution in [0, 0.1) is 0 Å². The number of hydrogen-bond donors (Lipinski definition) is 2. The van der Waals surface area contributed by atoms with Crippen LogP contribution in [0.4, 0.5) is 0 Å². The van der Waals surface area contributed by atoms with Gasteiger partial charge >= 0.3 is 0 Å². The molecule has 0 unspecified atom stereocenters. The molecule has 0 amide bonds. The van der Waals surface area contributed by atoms with Gasteiger partial charge in [-0.15, -0.1) is 16.4 Å². The van der Waals surface area contributed by atoms with Crippen LogP contribution in [0.15, 0.2) is 12.4 Å². The molecule has 2 aromatic heterocycles. The Hall–Kier alpha value is -1.02. The number of hydrogen-bond acceptors (Lipinski definition) is 6. The van der Waals surface area contributed by atoms with Gasteiger partial charge in [0.25, 0.3) is 0 Å². The zero-order valence-corrected chi connectivity index (χ0v) is 13.1. The van der Waals surface area contributed by atoms with E-state index >= 15 is 0 Å². The maximum absolute atomic E-state index is 9.12. The van der Waals surface area contributed by atoms with Crippen LogP contribution < -0.4 is 5.32 Å². The number of aliphatic hydroxyl groups excluding tert-OH is 1. The van der Waals surface area contributed by atoms with Crippen molar-refractivity contribution >= 4 is 22.9 Å². The summed E-state index contributed by atoms with van der Waals surface area (Å²) < 4.78 is 2.47. The largest absolute Gasteiger partial charge is 0.390 e. The monoisotopic (exact) mass is 327 g/mol. The van der Waals surface area contributed by atoms with Gasteiger partial charge in [-0.3, -0.25) is 0 Å². The van der Waals surface area contributed by atoms with E-state index in [-0.39, 0.29) is 12.6 Å². The van der Waals surface area contributed by atoms with E-state index in [1.54, 1.807) is 0 Å². The summed E-state index contributed by atoms with van der Waals surface area (Å²) in [4.78, 5) is 5.20. The highest BCUT2D eigenvalue weighted by Gasteiger charge is 2.27. The Labute approximate surface area is 132 Å². The van der Waals surface area contributed by atoms with Crippen LogP contribution in [0.25, 0.3) is 0 Å². The van der Waals surface area contributed by atoms with Gasteiger partial charge in [-0.25, -0.2) is 9.67 Å². The zero-order valence-electron chi connectivity index (χ0n) is 11.6. The van der Waals surface area contributed by atoms with E-state index in [2.05, 4.69) is 20.6 Å². The number of halogens is 1. The van der Waals surface area contributed by atoms with Crippen molar-refractivity contribution < 1.29 is 5.11 Å². The van der Waals surface area contributed by atoms with Crippen molar-refractivity contribution in [3.8, 4) is 0 Å². The SMILES string of the molecule is OCc1cn([C@@H]2CCCC[C@@H]2NCc2cnc(Cl)s2)nn1. The fourth-order valence-electron chi connectivity index (χ4n) is 2.81. The summed E-state index contributed by atoms with van der Waals surface area (Å²) in [5.41, 5.74) is 0.619. The van der Waals surface area contributed by atoms with Gasteiger partial charge in [-0.1, -0.05) is 29.7 Å². The lowest BCUT2D eigenvalue weighted by atomic mass is 9.90. The van der Waals surface area contributed by atoms with E-state index in [1.807, 2.05) is 17.1 Å². The van der Waals surface area contributed by atoms with E-state index in [0.29, 0.717) is 16.2 Å². The molecule has 0 saturated heterocycles. The van der Waals surface area contributed by atoms with Crippen molar-refractivity contribution in [2.24, 2.45) is 0 Å². The number of aliphatic hydroxyl groups is 1. The Morgan fingerprint density at radius 3 is 3.00 bits per heavy atom. The van der Waals surface area contributed by atoms with Gasteiger partial charge in [-0.05, 0) is 12.8 Å². The molecule has 1 aliphatic rings. The minimum Gasteiger partial charge on any atom is -0.390 e. The van der Waals surface area contributed by atoms with Crippen LogP contribution in [0.2, 0.25) is 4.47 Å². The minimum absolute atomic E-state index is 0.0653. The highest BCUT2D eigenvalue weighted by molar-refractivity contribution is 7.15. The van der Waals surface area contributed by atoms with Crippen molar-refractivity contribution in [3.05, 3.63) is 27.4 Å². The summed E-state index contributed by atoms with van der Waals surface area (Å²) in [6, 6.07) is 0.641. The molecule has 114 valence electrons. The summed E-state index contributed by atoms with van der Waals surface area (Å²) in [6.45, 7) is 0.706. The zero-order chi connectivity index (χ0) is 14.7. The quantitative estimate of drug-likeness (QED) is 0.880. The average Bonchev–Trinajstić information content (AvgIpc) is 3.14. The molecular formula is C13H18ClN5OS. The van der Waals surface area contributed by atoms with Gasteiger partial charge in [0, 0.05) is 23.7 Å². The third kappa shape index (κ3) is 3.60. The van der Waals surface area contributed by atoms with Crippen LogP contribution in [0.3, 0.4) is 0 Å². The molecule has 2 atom stereocenters. The lowest BCUT2D eigenvalue weighted by Crippen LogP contribution is -2.39. The molecular weight excluding hydrogens is 310 g/mol. The molecule has 8 heteroatoms. The molecule has 3 rings (SSSR count). The predicted molar refractivity (Wildman–Crippen MR) is 81.2 cm³/mol. The third-order valence-corrected chi connectivity index (χ3v) is 4.97. The first-order chi connectivity index (χ1) is 10.3. The summed E-state index contributed by atoms with van der Waals surface area (Å²) in [6.07, 6.45) is 8.27. The van der Waals surface area contributed by atoms with Crippen molar-refractivity contribution in [2.75, 3.05) is 0 Å². The van der Waals surface area contributed by atoms with E-state index in [9.17, 15) is 0 Å². The molecule has 2 heterocycles. The van der Waals surface area contributed by atoms with Crippen LogP contribution >= 0.6 is 22.9 Å². The molecule has 0 radical (unpaired) electrons. The number of rotatable bonds is 5. The van der Waals surface area contributed by atoms with Crippen LogP contribution in [0.5, 0.6) is 0 Å². The van der Waals surface area contributed by atoms with E-state index in [1.165, 1.54) is 24.2 Å². The van der Waals surface area contributed by atoms with E-state index in [4.69, 9.17) is 16.7 Å². The second-order valence-electron chi connectivity index (χ2n) is 5.27. The Morgan fingerprint density at radius 2 is 2.29 bits per heavy atom. The Morgan fingerprint density at radius 1 is 1.43 bits per heavy atom. The van der Waals surface area contributed by atoms with Crippen LogP contribution in [-0.4, -0.2) is 31.1 Å². The van der Waals surface area contributed by atoms with Crippen molar-refractivity contribution in [2.45, 2.75) is 50.9 Å². The van der Waals surface area contributed by atoms with Gasteiger partial charge in [-0.2, -0.15) is 0 Å². The molecule has 0 bridgehead atoms. The fraction of sp³-hybridized carbons (Fsp3) is 0.615. The highest BCUT2D eigenvalue weighted by atomic mass is 35.5. The molecule has 2 N–H and O–H groups in total. The molecule has 0 aromatic carbocycles. The molecule has 2 aromatic rings. The molecule has 1 aliphatic carbocycles. The smallest absolute Gasteiger partial charge is 0.183 e. The van der Waals surface area contributed by atoms with Crippen LogP contribution in [0.1, 0.15) is 42.3 Å². The predicted octanol–water partition coefficient (Wildman–Crippen LogP) is 2.15.